The van der Waals surface area contributed by atoms with E-state index in [0.717, 1.165) is 10.0 Å². The van der Waals surface area contributed by atoms with Gasteiger partial charge in [-0.1, -0.05) is 43.5 Å². The van der Waals surface area contributed by atoms with Gasteiger partial charge < -0.3 is 5.11 Å². The molecule has 2 aromatic rings. The summed E-state index contributed by atoms with van der Waals surface area (Å²) in [7, 11) is 0. The molecule has 1 saturated heterocycles. The topological polar surface area (TPSA) is 91.8 Å². The molecule has 0 radical (unpaired) electrons. The van der Waals surface area contributed by atoms with Crippen LogP contribution in [0.2, 0.25) is 0 Å². The third-order valence-electron chi connectivity index (χ3n) is 7.95. The number of fused-ring (bicyclic) bond motifs is 3. The summed E-state index contributed by atoms with van der Waals surface area (Å²) < 4.78 is 1.55. The second-order valence-electron chi connectivity index (χ2n) is 9.92. The van der Waals surface area contributed by atoms with Crippen LogP contribution < -0.4 is 4.90 Å². The van der Waals surface area contributed by atoms with Crippen LogP contribution in [0, 0.1) is 17.8 Å². The van der Waals surface area contributed by atoms with E-state index in [1.807, 2.05) is 6.08 Å². The highest BCUT2D eigenvalue weighted by Gasteiger charge is 2.56. The highest BCUT2D eigenvalue weighted by atomic mass is 79.9. The first-order chi connectivity index (χ1) is 17.7. The number of allylic oxidation sites excluding steroid dienone is 6. The predicted molar refractivity (Wildman–Crippen MR) is 144 cm³/mol. The molecular weight excluding hydrogens is 602 g/mol. The summed E-state index contributed by atoms with van der Waals surface area (Å²) in [6.45, 7) is 1.62. The van der Waals surface area contributed by atoms with Gasteiger partial charge in [-0.3, -0.25) is 24.1 Å². The molecule has 4 unspecified atom stereocenters. The molecule has 6 rings (SSSR count). The van der Waals surface area contributed by atoms with Crippen LogP contribution in [0.3, 0.4) is 0 Å². The van der Waals surface area contributed by atoms with Crippen molar-refractivity contribution in [2.75, 3.05) is 4.90 Å². The molecule has 0 spiro atoms. The van der Waals surface area contributed by atoms with Gasteiger partial charge in [0.1, 0.15) is 5.75 Å². The Balaban J connectivity index is 1.50. The van der Waals surface area contributed by atoms with Crippen molar-refractivity contribution in [3.05, 3.63) is 91.4 Å². The lowest BCUT2D eigenvalue weighted by Gasteiger charge is -2.42. The molecule has 2 amide bonds. The molecular formula is C29H21Br2NO5. The van der Waals surface area contributed by atoms with Gasteiger partial charge in [-0.25, -0.2) is 0 Å². The van der Waals surface area contributed by atoms with Crippen molar-refractivity contribution in [3.63, 3.8) is 0 Å². The van der Waals surface area contributed by atoms with E-state index < -0.39 is 23.7 Å². The first-order valence-corrected chi connectivity index (χ1v) is 13.6. The van der Waals surface area contributed by atoms with Crippen LogP contribution in [0.25, 0.3) is 0 Å². The van der Waals surface area contributed by atoms with E-state index >= 15 is 0 Å². The quantitative estimate of drug-likeness (QED) is 0.269. The number of halogens is 2. The highest BCUT2D eigenvalue weighted by molar-refractivity contribution is 9.10. The molecule has 6 nitrogen and oxygen atoms in total. The van der Waals surface area contributed by atoms with Gasteiger partial charge in [0, 0.05) is 37.1 Å². The van der Waals surface area contributed by atoms with E-state index in [1.54, 1.807) is 49.4 Å². The zero-order valence-electron chi connectivity index (χ0n) is 19.7. The Morgan fingerprint density at radius 2 is 1.62 bits per heavy atom. The standard InChI is InChI=1S/C29H21Br2NO5/c1-13-10-23(34)21-12-19-17(24(26(21)27(13)35)20-11-15(31)4-9-22(20)33)7-8-18-25(19)29(37)32(28(18)36)16-5-2-14(30)3-6-16/h2-7,9-11,18-19,24-25,33H,8,12H2,1H3. The molecule has 8 heteroatoms. The molecule has 186 valence electrons. The Hall–Kier alpha value is -3.10. The number of hydrogen-bond donors (Lipinski definition) is 1. The number of Topliss-reactive ketones (excluding diaryl/α,β-unsaturated/α-hetero) is 1. The normalized spacial score (nSPS) is 27.1. The number of benzene rings is 2. The lowest BCUT2D eigenvalue weighted by Crippen LogP contribution is -2.39. The molecule has 37 heavy (non-hydrogen) atoms. The predicted octanol–water partition coefficient (Wildman–Crippen LogP) is 5.55. The zero-order valence-corrected chi connectivity index (χ0v) is 22.9. The van der Waals surface area contributed by atoms with Crippen LogP contribution in [0.5, 0.6) is 5.75 Å². The summed E-state index contributed by atoms with van der Waals surface area (Å²) in [5, 5.41) is 10.9. The Morgan fingerprint density at radius 3 is 2.35 bits per heavy atom. The molecule has 4 aliphatic rings. The largest absolute Gasteiger partial charge is 0.508 e. The number of anilines is 1. The molecule has 0 saturated carbocycles. The summed E-state index contributed by atoms with van der Waals surface area (Å²) >= 11 is 6.85. The molecule has 1 heterocycles. The lowest BCUT2D eigenvalue weighted by molar-refractivity contribution is -0.123. The average Bonchev–Trinajstić information content (AvgIpc) is 3.13. The van der Waals surface area contributed by atoms with Crippen molar-refractivity contribution < 1.29 is 24.3 Å². The van der Waals surface area contributed by atoms with Crippen LogP contribution in [0.15, 0.2) is 85.9 Å². The average molecular weight is 623 g/mol. The number of phenols is 1. The number of ketones is 2. The summed E-state index contributed by atoms with van der Waals surface area (Å²) in [6.07, 6.45) is 3.85. The molecule has 1 fully saturated rings. The zero-order chi connectivity index (χ0) is 26.2. The molecule has 3 aliphatic carbocycles. The van der Waals surface area contributed by atoms with E-state index in [2.05, 4.69) is 31.9 Å². The summed E-state index contributed by atoms with van der Waals surface area (Å²) in [5.74, 6) is -3.36. The van der Waals surface area contributed by atoms with E-state index in [9.17, 15) is 24.3 Å². The number of amides is 2. The van der Waals surface area contributed by atoms with Crippen molar-refractivity contribution in [2.24, 2.45) is 17.8 Å². The second kappa shape index (κ2) is 8.74. The smallest absolute Gasteiger partial charge is 0.238 e. The third kappa shape index (κ3) is 3.64. The van der Waals surface area contributed by atoms with Gasteiger partial charge in [0.15, 0.2) is 11.6 Å². The van der Waals surface area contributed by atoms with Crippen LogP contribution in [-0.4, -0.2) is 28.5 Å². The summed E-state index contributed by atoms with van der Waals surface area (Å²) in [6, 6.07) is 12.0. The Kier molecular flexibility index (Phi) is 5.73. The van der Waals surface area contributed by atoms with Crippen molar-refractivity contribution in [1.29, 1.82) is 0 Å². The number of hydrogen-bond acceptors (Lipinski definition) is 5. The maximum Gasteiger partial charge on any atom is 0.238 e. The first kappa shape index (κ1) is 24.2. The fraction of sp³-hybridized carbons (Fsp3) is 0.241. The minimum absolute atomic E-state index is 0.00138. The van der Waals surface area contributed by atoms with Crippen molar-refractivity contribution in [1.82, 2.24) is 0 Å². The monoisotopic (exact) mass is 621 g/mol. The Morgan fingerprint density at radius 1 is 0.919 bits per heavy atom. The number of rotatable bonds is 2. The van der Waals surface area contributed by atoms with Crippen LogP contribution in [0.4, 0.5) is 5.69 Å². The van der Waals surface area contributed by atoms with E-state index in [0.29, 0.717) is 38.9 Å². The highest BCUT2D eigenvalue weighted by Crippen LogP contribution is 2.56. The number of aromatic hydroxyl groups is 1. The summed E-state index contributed by atoms with van der Waals surface area (Å²) in [4.78, 5) is 55.2. The van der Waals surface area contributed by atoms with Crippen molar-refractivity contribution in [2.45, 2.75) is 25.7 Å². The summed E-state index contributed by atoms with van der Waals surface area (Å²) in [5.41, 5.74) is 2.89. The molecule has 0 bridgehead atoms. The number of carbonyl (C=O) groups is 4. The molecule has 0 aromatic heterocycles. The molecule has 1 N–H and O–H groups in total. The van der Waals surface area contributed by atoms with Crippen molar-refractivity contribution >= 4 is 60.9 Å². The van der Waals surface area contributed by atoms with Gasteiger partial charge in [-0.05, 0) is 74.2 Å². The van der Waals surface area contributed by atoms with Crippen LogP contribution >= 0.6 is 31.9 Å². The second-order valence-corrected chi connectivity index (χ2v) is 11.8. The Bertz CT molecular complexity index is 1520. The number of carbonyl (C=O) groups excluding carboxylic acids is 4. The van der Waals surface area contributed by atoms with E-state index in [4.69, 9.17) is 0 Å². The van der Waals surface area contributed by atoms with E-state index in [-0.39, 0.29) is 35.6 Å². The first-order valence-electron chi connectivity index (χ1n) is 12.0. The van der Waals surface area contributed by atoms with Gasteiger partial charge in [-0.15, -0.1) is 0 Å². The minimum Gasteiger partial charge on any atom is -0.508 e. The lowest BCUT2D eigenvalue weighted by atomic mass is 9.59. The van der Waals surface area contributed by atoms with Gasteiger partial charge in [0.25, 0.3) is 0 Å². The van der Waals surface area contributed by atoms with E-state index in [1.165, 1.54) is 11.0 Å². The van der Waals surface area contributed by atoms with Crippen LogP contribution in [-0.2, 0) is 19.2 Å². The minimum atomic E-state index is -0.683. The van der Waals surface area contributed by atoms with Gasteiger partial charge >= 0.3 is 0 Å². The fourth-order valence-corrected chi connectivity index (χ4v) is 6.96. The van der Waals surface area contributed by atoms with Gasteiger partial charge in [-0.2, -0.15) is 0 Å². The maximum atomic E-state index is 13.8. The molecule has 1 aliphatic heterocycles. The van der Waals surface area contributed by atoms with Crippen molar-refractivity contribution in [3.8, 4) is 5.75 Å². The fourth-order valence-electron chi connectivity index (χ4n) is 6.32. The van der Waals surface area contributed by atoms with Gasteiger partial charge in [0.05, 0.1) is 17.5 Å². The number of imide groups is 1. The SMILES string of the molecule is CC1=CC(=O)C2=C(C1=O)C(c1cc(Br)ccc1O)C1=CCC3C(=O)N(c4ccc(Br)cc4)C(=O)C3C1C2. The molecule has 2 aromatic carbocycles. The van der Waals surface area contributed by atoms with Gasteiger partial charge in [0.2, 0.25) is 11.8 Å². The number of phenolic OH excluding ortho intramolecular Hbond substituents is 1. The Labute approximate surface area is 230 Å². The third-order valence-corrected chi connectivity index (χ3v) is 8.97. The molecule has 4 atom stereocenters. The number of nitrogens with zero attached hydrogens (tertiary/aromatic N) is 1. The maximum absolute atomic E-state index is 13.8. The van der Waals surface area contributed by atoms with Crippen LogP contribution in [0.1, 0.15) is 31.2 Å².